The van der Waals surface area contributed by atoms with Gasteiger partial charge in [-0.1, -0.05) is 31.5 Å². The number of aromatic amines is 1. The van der Waals surface area contributed by atoms with Gasteiger partial charge in [0.25, 0.3) is 0 Å². The van der Waals surface area contributed by atoms with E-state index in [2.05, 4.69) is 11.9 Å². The van der Waals surface area contributed by atoms with Crippen LogP contribution in [0.15, 0.2) is 24.3 Å². The molecule has 0 amide bonds. The van der Waals surface area contributed by atoms with Crippen molar-refractivity contribution >= 4 is 22.7 Å². The molecule has 3 aliphatic heterocycles. The predicted molar refractivity (Wildman–Crippen MR) is 99.3 cm³/mol. The number of carbonyl (C=O) groups is 2. The minimum Gasteiger partial charge on any atom is -0.468 e. The molecule has 1 aromatic heterocycles. The summed E-state index contributed by atoms with van der Waals surface area (Å²) in [6.07, 6.45) is 1.25. The molecule has 4 aliphatic rings. The van der Waals surface area contributed by atoms with Gasteiger partial charge in [0.1, 0.15) is 5.41 Å². The molecule has 142 valence electrons. The van der Waals surface area contributed by atoms with Crippen LogP contribution < -0.4 is 0 Å². The lowest BCUT2D eigenvalue weighted by Gasteiger charge is -2.57. The van der Waals surface area contributed by atoms with Crippen molar-refractivity contribution in [2.45, 2.75) is 43.9 Å². The lowest BCUT2D eigenvalue weighted by atomic mass is 9.56. The van der Waals surface area contributed by atoms with E-state index in [-0.39, 0.29) is 23.7 Å². The van der Waals surface area contributed by atoms with Gasteiger partial charge in [-0.2, -0.15) is 0 Å². The summed E-state index contributed by atoms with van der Waals surface area (Å²) in [5.41, 5.74) is 0.955. The Kier molecular flexibility index (Phi) is 3.55. The van der Waals surface area contributed by atoms with Gasteiger partial charge in [0.15, 0.2) is 6.23 Å². The molecular formula is C21H24N2O4. The fraction of sp³-hybridized carbons (Fsp3) is 0.524. The summed E-state index contributed by atoms with van der Waals surface area (Å²) in [4.78, 5) is 31.7. The largest absolute Gasteiger partial charge is 0.468 e. The molecule has 1 aromatic carbocycles. The number of hydrogen-bond acceptors (Lipinski definition) is 5. The third-order valence-electron chi connectivity index (χ3n) is 7.21. The lowest BCUT2D eigenvalue weighted by molar-refractivity contribution is -0.168. The van der Waals surface area contributed by atoms with Crippen molar-refractivity contribution in [3.05, 3.63) is 35.5 Å². The Morgan fingerprint density at radius 1 is 1.41 bits per heavy atom. The molecule has 27 heavy (non-hydrogen) atoms. The first kappa shape index (κ1) is 17.0. The fourth-order valence-corrected chi connectivity index (χ4v) is 5.98. The number of carbonyl (C=O) groups excluding carboxylic acids is 2. The maximum atomic E-state index is 13.3. The number of aromatic nitrogens is 1. The molecule has 6 heteroatoms. The van der Waals surface area contributed by atoms with Gasteiger partial charge < -0.3 is 14.8 Å². The van der Waals surface area contributed by atoms with Crippen LogP contribution in [0.4, 0.5) is 0 Å². The first-order valence-corrected chi connectivity index (χ1v) is 9.70. The average Bonchev–Trinajstić information content (AvgIpc) is 3.09. The zero-order valence-corrected chi connectivity index (χ0v) is 15.6. The fourth-order valence-electron chi connectivity index (χ4n) is 5.98. The maximum absolute atomic E-state index is 13.3. The Labute approximate surface area is 157 Å². The number of hydrogen-bond donors (Lipinski definition) is 2. The van der Waals surface area contributed by atoms with Crippen molar-refractivity contribution in [1.29, 1.82) is 0 Å². The minimum absolute atomic E-state index is 0.242. The Morgan fingerprint density at radius 3 is 2.89 bits per heavy atom. The quantitative estimate of drug-likeness (QED) is 0.794. The van der Waals surface area contributed by atoms with Gasteiger partial charge in [-0.05, 0) is 30.7 Å². The SMILES string of the molecule is CCC1CC2N3CC1CC2(C(=O)OC)c1[nH]c2ccccc2c1C(=O)C3O. The number of piperidine rings is 2. The second-order valence-corrected chi connectivity index (χ2v) is 8.20. The van der Waals surface area contributed by atoms with E-state index in [1.165, 1.54) is 7.11 Å². The molecule has 6 unspecified atom stereocenters. The predicted octanol–water partition coefficient (Wildman–Crippen LogP) is 2.21. The molecule has 1 saturated carbocycles. The smallest absolute Gasteiger partial charge is 0.319 e. The number of H-pyrrole nitrogens is 1. The molecule has 4 heterocycles. The summed E-state index contributed by atoms with van der Waals surface area (Å²) in [7, 11) is 1.41. The molecule has 1 aliphatic carbocycles. The van der Waals surface area contributed by atoms with Gasteiger partial charge in [0.05, 0.1) is 12.7 Å². The molecule has 3 fully saturated rings. The van der Waals surface area contributed by atoms with E-state index in [4.69, 9.17) is 4.74 Å². The van der Waals surface area contributed by atoms with Crippen molar-refractivity contribution in [1.82, 2.24) is 9.88 Å². The molecular weight excluding hydrogens is 344 g/mol. The lowest BCUT2D eigenvalue weighted by Crippen LogP contribution is -2.68. The van der Waals surface area contributed by atoms with Crippen molar-refractivity contribution in [3.63, 3.8) is 0 Å². The third-order valence-corrected chi connectivity index (χ3v) is 7.21. The highest BCUT2D eigenvalue weighted by Crippen LogP contribution is 2.55. The Morgan fingerprint density at radius 2 is 2.19 bits per heavy atom. The summed E-state index contributed by atoms with van der Waals surface area (Å²) in [5, 5.41) is 11.7. The molecule has 2 aromatic rings. The van der Waals surface area contributed by atoms with Crippen LogP contribution in [0, 0.1) is 11.8 Å². The van der Waals surface area contributed by atoms with Crippen molar-refractivity contribution < 1.29 is 19.4 Å². The number of para-hydroxylation sites is 1. The van der Waals surface area contributed by atoms with Crippen LogP contribution in [-0.4, -0.2) is 52.7 Å². The number of esters is 1. The van der Waals surface area contributed by atoms with Crippen LogP contribution >= 0.6 is 0 Å². The monoisotopic (exact) mass is 368 g/mol. The average molecular weight is 368 g/mol. The molecule has 0 spiro atoms. The van der Waals surface area contributed by atoms with Gasteiger partial charge in [0, 0.05) is 29.2 Å². The van der Waals surface area contributed by atoms with E-state index in [1.54, 1.807) is 0 Å². The molecule has 4 bridgehead atoms. The summed E-state index contributed by atoms with van der Waals surface area (Å²) in [5.74, 6) is 0.108. The number of Topliss-reactive ketones (excluding diaryl/α,β-unsaturated/α-hetero) is 1. The van der Waals surface area contributed by atoms with E-state index in [0.29, 0.717) is 30.1 Å². The molecule has 6 nitrogen and oxygen atoms in total. The topological polar surface area (TPSA) is 82.6 Å². The standard InChI is InChI=1S/C21H24N2O4/c1-3-11-8-15-21(20(26)27-2)9-12(11)10-23(15)19(25)17(24)16-13-6-4-5-7-14(13)22-18(16)21/h4-7,11-12,15,19,22,25H,3,8-10H2,1-2H3. The van der Waals surface area contributed by atoms with Crippen LogP contribution in [0.25, 0.3) is 10.9 Å². The van der Waals surface area contributed by atoms with Crippen LogP contribution in [0.2, 0.25) is 0 Å². The summed E-state index contributed by atoms with van der Waals surface area (Å²) in [6.45, 7) is 2.82. The zero-order valence-electron chi connectivity index (χ0n) is 15.6. The maximum Gasteiger partial charge on any atom is 0.319 e. The number of benzene rings is 1. The van der Waals surface area contributed by atoms with Gasteiger partial charge in [-0.3, -0.25) is 14.5 Å². The van der Waals surface area contributed by atoms with Crippen LogP contribution in [0.5, 0.6) is 0 Å². The Hall–Kier alpha value is -2.18. The van der Waals surface area contributed by atoms with Gasteiger partial charge in [-0.15, -0.1) is 0 Å². The van der Waals surface area contributed by atoms with Crippen molar-refractivity contribution in [3.8, 4) is 0 Å². The molecule has 6 atom stereocenters. The van der Waals surface area contributed by atoms with Gasteiger partial charge in [-0.25, -0.2) is 0 Å². The highest BCUT2D eigenvalue weighted by Gasteiger charge is 2.64. The van der Waals surface area contributed by atoms with Crippen molar-refractivity contribution in [2.24, 2.45) is 11.8 Å². The zero-order chi connectivity index (χ0) is 18.9. The summed E-state index contributed by atoms with van der Waals surface area (Å²) >= 11 is 0. The van der Waals surface area contributed by atoms with Crippen LogP contribution in [0.1, 0.15) is 42.2 Å². The summed E-state index contributed by atoms with van der Waals surface area (Å²) in [6, 6.07) is 7.31. The molecule has 2 saturated heterocycles. The van der Waals surface area contributed by atoms with Gasteiger partial charge >= 0.3 is 5.97 Å². The minimum atomic E-state index is -1.22. The van der Waals surface area contributed by atoms with Crippen LogP contribution in [0.3, 0.4) is 0 Å². The van der Waals surface area contributed by atoms with E-state index >= 15 is 0 Å². The second kappa shape index (κ2) is 5.66. The van der Waals surface area contributed by atoms with Crippen LogP contribution in [-0.2, 0) is 14.9 Å². The highest BCUT2D eigenvalue weighted by atomic mass is 16.5. The van der Waals surface area contributed by atoms with E-state index < -0.39 is 11.6 Å². The molecule has 0 radical (unpaired) electrons. The van der Waals surface area contributed by atoms with E-state index in [9.17, 15) is 14.7 Å². The number of aliphatic hydroxyl groups excluding tert-OH is 1. The van der Waals surface area contributed by atoms with Crippen molar-refractivity contribution in [2.75, 3.05) is 13.7 Å². The first-order valence-electron chi connectivity index (χ1n) is 9.70. The number of rotatable bonds is 2. The number of methoxy groups -OCH3 is 1. The Bertz CT molecular complexity index is 951. The number of nitrogens with zero attached hydrogens (tertiary/aromatic N) is 1. The number of nitrogens with one attached hydrogen (secondary N) is 1. The third kappa shape index (κ3) is 1.97. The molecule has 6 rings (SSSR count). The van der Waals surface area contributed by atoms with Gasteiger partial charge in [0.2, 0.25) is 5.78 Å². The Balaban J connectivity index is 1.83. The van der Waals surface area contributed by atoms with E-state index in [1.807, 2.05) is 29.2 Å². The molecule has 2 N–H and O–H groups in total. The number of aliphatic hydroxyl groups is 1. The second-order valence-electron chi connectivity index (χ2n) is 8.20. The number of ketones is 1. The highest BCUT2D eigenvalue weighted by molar-refractivity contribution is 6.13. The summed E-state index contributed by atoms with van der Waals surface area (Å²) < 4.78 is 5.29. The van der Waals surface area contributed by atoms with E-state index in [0.717, 1.165) is 23.7 Å². The normalized spacial score (nSPS) is 37.1. The first-order chi connectivity index (χ1) is 13.0. The number of ether oxygens (including phenoxy) is 1. The number of fused-ring (bicyclic) bond motifs is 4.